The highest BCUT2D eigenvalue weighted by Crippen LogP contribution is 2.26. The lowest BCUT2D eigenvalue weighted by molar-refractivity contribution is 0.402. The molecule has 0 aliphatic heterocycles. The minimum absolute atomic E-state index is 0.217. The molecule has 136 valence electrons. The molecule has 8 heteroatoms. The summed E-state index contributed by atoms with van der Waals surface area (Å²) in [5.41, 5.74) is 1.38. The van der Waals surface area contributed by atoms with Gasteiger partial charge in [-0.2, -0.15) is 9.50 Å². The standard InChI is InChI=1S/C19H14BrN3O3S/c1-25-12-7-8-15(26-2)11(9-12)10-16-18(24)23-19(27-16)21-17(22-23)13-5-3-4-6-14(13)20/h3-10H,1-2H3/b16-10-. The van der Waals surface area contributed by atoms with Crippen molar-refractivity contribution in [1.29, 1.82) is 0 Å². The second kappa shape index (κ2) is 7.13. The number of hydrogen-bond acceptors (Lipinski definition) is 6. The third kappa shape index (κ3) is 3.22. The van der Waals surface area contributed by atoms with Gasteiger partial charge >= 0.3 is 0 Å². The topological polar surface area (TPSA) is 65.7 Å². The van der Waals surface area contributed by atoms with Gasteiger partial charge in [0.2, 0.25) is 4.96 Å². The fraction of sp³-hybridized carbons (Fsp3) is 0.105. The zero-order valence-electron chi connectivity index (χ0n) is 14.5. The SMILES string of the molecule is COc1ccc(OC)c(/C=c2\sc3nc(-c4ccccc4Br)nn3c2=O)c1. The number of methoxy groups -OCH3 is 2. The van der Waals surface area contributed by atoms with Gasteiger partial charge in [-0.3, -0.25) is 4.79 Å². The van der Waals surface area contributed by atoms with Gasteiger partial charge in [0.15, 0.2) is 5.82 Å². The number of hydrogen-bond donors (Lipinski definition) is 0. The Morgan fingerprint density at radius 3 is 2.67 bits per heavy atom. The van der Waals surface area contributed by atoms with Crippen LogP contribution in [0.4, 0.5) is 0 Å². The summed E-state index contributed by atoms with van der Waals surface area (Å²) in [5, 5.41) is 4.38. The van der Waals surface area contributed by atoms with Gasteiger partial charge in [0.25, 0.3) is 5.56 Å². The third-order valence-corrected chi connectivity index (χ3v) is 5.67. The van der Waals surface area contributed by atoms with Crippen molar-refractivity contribution in [2.24, 2.45) is 0 Å². The quantitative estimate of drug-likeness (QED) is 0.484. The first-order valence-corrected chi connectivity index (χ1v) is 9.60. The maximum atomic E-state index is 12.8. The Labute approximate surface area is 166 Å². The summed E-state index contributed by atoms with van der Waals surface area (Å²) >= 11 is 4.77. The van der Waals surface area contributed by atoms with Gasteiger partial charge < -0.3 is 9.47 Å². The summed E-state index contributed by atoms with van der Waals surface area (Å²) in [4.78, 5) is 17.8. The van der Waals surface area contributed by atoms with Gasteiger partial charge in [0.1, 0.15) is 11.5 Å². The summed E-state index contributed by atoms with van der Waals surface area (Å²) in [6.07, 6.45) is 1.77. The summed E-state index contributed by atoms with van der Waals surface area (Å²) in [7, 11) is 3.18. The van der Waals surface area contributed by atoms with E-state index in [-0.39, 0.29) is 5.56 Å². The summed E-state index contributed by atoms with van der Waals surface area (Å²) in [5.74, 6) is 1.85. The molecule has 2 aromatic heterocycles. The molecular formula is C19H14BrN3O3S. The molecule has 0 fully saturated rings. The van der Waals surface area contributed by atoms with Crippen molar-refractivity contribution in [3.63, 3.8) is 0 Å². The maximum absolute atomic E-state index is 12.8. The third-order valence-electron chi connectivity index (χ3n) is 4.02. The van der Waals surface area contributed by atoms with E-state index < -0.39 is 0 Å². The van der Waals surface area contributed by atoms with Crippen LogP contribution in [0.25, 0.3) is 22.4 Å². The molecular weight excluding hydrogens is 430 g/mol. The Hall–Kier alpha value is -2.71. The number of aromatic nitrogens is 3. The number of fused-ring (bicyclic) bond motifs is 1. The van der Waals surface area contributed by atoms with E-state index in [1.807, 2.05) is 30.3 Å². The van der Waals surface area contributed by atoms with Crippen LogP contribution >= 0.6 is 27.3 Å². The monoisotopic (exact) mass is 443 g/mol. The molecule has 0 spiro atoms. The van der Waals surface area contributed by atoms with Crippen molar-refractivity contribution in [3.05, 3.63) is 67.4 Å². The van der Waals surface area contributed by atoms with Crippen molar-refractivity contribution in [2.45, 2.75) is 0 Å². The molecule has 6 nitrogen and oxygen atoms in total. The normalized spacial score (nSPS) is 11.9. The largest absolute Gasteiger partial charge is 0.497 e. The van der Waals surface area contributed by atoms with E-state index in [1.165, 1.54) is 15.9 Å². The van der Waals surface area contributed by atoms with Crippen LogP contribution in [0.1, 0.15) is 5.56 Å². The number of nitrogens with zero attached hydrogens (tertiary/aromatic N) is 3. The van der Waals surface area contributed by atoms with Crippen molar-refractivity contribution < 1.29 is 9.47 Å². The molecule has 0 bridgehead atoms. The number of ether oxygens (including phenoxy) is 2. The van der Waals surface area contributed by atoms with E-state index in [1.54, 1.807) is 32.4 Å². The van der Waals surface area contributed by atoms with Crippen molar-refractivity contribution in [3.8, 4) is 22.9 Å². The van der Waals surface area contributed by atoms with Crippen LogP contribution in [0.2, 0.25) is 0 Å². The number of benzene rings is 2. The number of rotatable bonds is 4. The predicted octanol–water partition coefficient (Wildman–Crippen LogP) is 3.15. The average Bonchev–Trinajstić information content (AvgIpc) is 3.22. The molecule has 0 aliphatic rings. The zero-order valence-corrected chi connectivity index (χ0v) is 16.9. The van der Waals surface area contributed by atoms with Crippen LogP contribution in [-0.2, 0) is 0 Å². The maximum Gasteiger partial charge on any atom is 0.291 e. The molecule has 0 atom stereocenters. The molecule has 0 unspecified atom stereocenters. The second-order valence-corrected chi connectivity index (χ2v) is 7.50. The zero-order chi connectivity index (χ0) is 19.0. The first-order chi connectivity index (χ1) is 13.1. The van der Waals surface area contributed by atoms with Gasteiger partial charge in [0.05, 0.1) is 18.8 Å². The van der Waals surface area contributed by atoms with Crippen LogP contribution in [0, 0.1) is 0 Å². The van der Waals surface area contributed by atoms with Gasteiger partial charge in [-0.25, -0.2) is 0 Å². The van der Waals surface area contributed by atoms with Gasteiger partial charge in [-0.15, -0.1) is 5.10 Å². The van der Waals surface area contributed by atoms with E-state index in [0.29, 0.717) is 26.8 Å². The molecule has 0 saturated heterocycles. The highest BCUT2D eigenvalue weighted by molar-refractivity contribution is 9.10. The fourth-order valence-electron chi connectivity index (χ4n) is 2.68. The number of halogens is 1. The van der Waals surface area contributed by atoms with Gasteiger partial charge in [0, 0.05) is 15.6 Å². The Kier molecular flexibility index (Phi) is 4.67. The highest BCUT2D eigenvalue weighted by atomic mass is 79.9. The Morgan fingerprint density at radius 2 is 1.96 bits per heavy atom. The smallest absolute Gasteiger partial charge is 0.291 e. The Balaban J connectivity index is 1.85. The Morgan fingerprint density at radius 1 is 1.15 bits per heavy atom. The van der Waals surface area contributed by atoms with Crippen LogP contribution in [-0.4, -0.2) is 28.8 Å². The second-order valence-electron chi connectivity index (χ2n) is 5.63. The molecule has 0 aliphatic carbocycles. The summed E-state index contributed by atoms with van der Waals surface area (Å²) < 4.78 is 13.4. The van der Waals surface area contributed by atoms with Crippen molar-refractivity contribution in [1.82, 2.24) is 14.6 Å². The molecule has 2 heterocycles. The van der Waals surface area contributed by atoms with Gasteiger partial charge in [-0.05, 0) is 36.4 Å². The van der Waals surface area contributed by atoms with Crippen LogP contribution < -0.4 is 19.6 Å². The molecule has 4 rings (SSSR count). The lowest BCUT2D eigenvalue weighted by atomic mass is 10.2. The van der Waals surface area contributed by atoms with Crippen LogP contribution in [0.15, 0.2) is 51.7 Å². The minimum Gasteiger partial charge on any atom is -0.497 e. The van der Waals surface area contributed by atoms with Crippen LogP contribution in [0.5, 0.6) is 11.5 Å². The lowest BCUT2D eigenvalue weighted by Crippen LogP contribution is -2.23. The van der Waals surface area contributed by atoms with E-state index >= 15 is 0 Å². The minimum atomic E-state index is -0.217. The first kappa shape index (κ1) is 17.7. The number of thiazole rings is 1. The molecule has 27 heavy (non-hydrogen) atoms. The van der Waals surface area contributed by atoms with Gasteiger partial charge in [-0.1, -0.05) is 39.4 Å². The van der Waals surface area contributed by atoms with E-state index in [9.17, 15) is 4.79 Å². The van der Waals surface area contributed by atoms with Crippen LogP contribution in [0.3, 0.4) is 0 Å². The molecule has 0 radical (unpaired) electrons. The highest BCUT2D eigenvalue weighted by Gasteiger charge is 2.14. The first-order valence-electron chi connectivity index (χ1n) is 7.99. The molecule has 2 aromatic carbocycles. The van der Waals surface area contributed by atoms with E-state index in [4.69, 9.17) is 9.47 Å². The molecule has 0 amide bonds. The lowest BCUT2D eigenvalue weighted by Gasteiger charge is -2.06. The molecule has 0 N–H and O–H groups in total. The molecule has 4 aromatic rings. The fourth-order valence-corrected chi connectivity index (χ4v) is 4.04. The summed E-state index contributed by atoms with van der Waals surface area (Å²) in [6, 6.07) is 13.1. The average molecular weight is 444 g/mol. The van der Waals surface area contributed by atoms with Crippen molar-refractivity contribution in [2.75, 3.05) is 14.2 Å². The Bertz CT molecular complexity index is 1250. The summed E-state index contributed by atoms with van der Waals surface area (Å²) in [6.45, 7) is 0. The predicted molar refractivity (Wildman–Crippen MR) is 109 cm³/mol. The van der Waals surface area contributed by atoms with Crippen molar-refractivity contribution >= 4 is 38.3 Å². The van der Waals surface area contributed by atoms with E-state index in [2.05, 4.69) is 26.0 Å². The molecule has 0 saturated carbocycles. The van der Waals surface area contributed by atoms with E-state index in [0.717, 1.165) is 15.6 Å².